The lowest BCUT2D eigenvalue weighted by atomic mass is 10.00. The zero-order valence-corrected chi connectivity index (χ0v) is 5.99. The van der Waals surface area contributed by atoms with Crippen LogP contribution in [0.25, 0.3) is 0 Å². The lowest BCUT2D eigenvalue weighted by Crippen LogP contribution is -2.55. The summed E-state index contributed by atoms with van der Waals surface area (Å²) in [7, 11) is 0. The van der Waals surface area contributed by atoms with Gasteiger partial charge < -0.3 is 5.32 Å². The fourth-order valence-electron chi connectivity index (χ4n) is 1.93. The number of nitrogens with one attached hydrogen (secondary N) is 1. The van der Waals surface area contributed by atoms with Gasteiger partial charge in [0.15, 0.2) is 6.17 Å². The van der Waals surface area contributed by atoms with E-state index in [1.165, 1.54) is 0 Å². The molecule has 2 bridgehead atoms. The summed E-state index contributed by atoms with van der Waals surface area (Å²) in [6, 6.07) is -0.911. The first-order valence-corrected chi connectivity index (χ1v) is 3.88. The predicted molar refractivity (Wildman–Crippen MR) is 34.4 cm³/mol. The van der Waals surface area contributed by atoms with Crippen LogP contribution in [0.5, 0.6) is 0 Å². The van der Waals surface area contributed by atoms with Crippen molar-refractivity contribution in [2.75, 3.05) is 0 Å². The van der Waals surface area contributed by atoms with Gasteiger partial charge in [-0.05, 0) is 19.3 Å². The molecule has 0 aromatic heterocycles. The summed E-state index contributed by atoms with van der Waals surface area (Å²) in [4.78, 5) is 0. The summed E-state index contributed by atoms with van der Waals surface area (Å²) in [6.07, 6.45) is -0.844. The minimum absolute atomic E-state index is 0.00498. The van der Waals surface area contributed by atoms with Gasteiger partial charge in [0.25, 0.3) is 5.92 Å². The van der Waals surface area contributed by atoms with Gasteiger partial charge >= 0.3 is 0 Å². The molecule has 4 heteroatoms. The van der Waals surface area contributed by atoms with Gasteiger partial charge in [-0.1, -0.05) is 0 Å². The third-order valence-electron chi connectivity index (χ3n) is 2.61. The third-order valence-corrected chi connectivity index (χ3v) is 2.61. The van der Waals surface area contributed by atoms with Gasteiger partial charge in [-0.2, -0.15) is 0 Å². The zero-order chi connectivity index (χ0) is 8.06. The Morgan fingerprint density at radius 2 is 2.00 bits per heavy atom. The molecule has 2 rings (SSSR count). The molecule has 2 saturated heterocycles. The van der Waals surface area contributed by atoms with Crippen molar-refractivity contribution < 1.29 is 13.2 Å². The molecule has 2 fully saturated rings. The molecule has 0 aromatic carbocycles. The lowest BCUT2D eigenvalue weighted by Gasteiger charge is -2.32. The van der Waals surface area contributed by atoms with Crippen molar-refractivity contribution in [2.45, 2.75) is 43.4 Å². The molecule has 2 heterocycles. The topological polar surface area (TPSA) is 12.0 Å². The molecule has 1 N–H and O–H groups in total. The number of piperidine rings is 1. The SMILES string of the molecule is FC1CC2CCC(N2)C1(F)F. The fraction of sp³-hybridized carbons (Fsp3) is 1.00. The van der Waals surface area contributed by atoms with E-state index >= 15 is 0 Å². The van der Waals surface area contributed by atoms with Gasteiger partial charge in [0, 0.05) is 6.04 Å². The first-order chi connectivity index (χ1) is 5.10. The Labute approximate surface area is 63.0 Å². The Balaban J connectivity index is 2.20. The van der Waals surface area contributed by atoms with Crippen LogP contribution >= 0.6 is 0 Å². The zero-order valence-electron chi connectivity index (χ0n) is 5.99. The molecule has 0 saturated carbocycles. The maximum atomic E-state index is 12.9. The molecule has 3 atom stereocenters. The number of alkyl halides is 3. The van der Waals surface area contributed by atoms with E-state index in [0.29, 0.717) is 12.8 Å². The predicted octanol–water partition coefficient (Wildman–Crippen LogP) is 1.48. The van der Waals surface area contributed by atoms with Crippen LogP contribution < -0.4 is 5.32 Å². The van der Waals surface area contributed by atoms with Crippen LogP contribution in [0.3, 0.4) is 0 Å². The Kier molecular flexibility index (Phi) is 1.43. The second-order valence-electron chi connectivity index (χ2n) is 3.37. The molecular weight excluding hydrogens is 155 g/mol. The standard InChI is InChI=1S/C7H10F3N/c8-5-3-4-1-2-6(11-4)7(5,9)10/h4-6,11H,1-3H2. The highest BCUT2D eigenvalue weighted by molar-refractivity contribution is 5.03. The fourth-order valence-corrected chi connectivity index (χ4v) is 1.93. The van der Waals surface area contributed by atoms with Crippen LogP contribution in [0.1, 0.15) is 19.3 Å². The van der Waals surface area contributed by atoms with Gasteiger partial charge in [-0.3, -0.25) is 0 Å². The Hall–Kier alpha value is -0.250. The van der Waals surface area contributed by atoms with E-state index in [4.69, 9.17) is 0 Å². The third kappa shape index (κ3) is 0.956. The van der Waals surface area contributed by atoms with E-state index in [1.807, 2.05) is 0 Å². The minimum Gasteiger partial charge on any atom is -0.306 e. The van der Waals surface area contributed by atoms with E-state index < -0.39 is 18.1 Å². The molecule has 0 aliphatic carbocycles. The Morgan fingerprint density at radius 1 is 1.27 bits per heavy atom. The van der Waals surface area contributed by atoms with Crippen molar-refractivity contribution in [3.63, 3.8) is 0 Å². The van der Waals surface area contributed by atoms with Crippen LogP contribution in [-0.4, -0.2) is 24.2 Å². The van der Waals surface area contributed by atoms with Crippen molar-refractivity contribution in [1.29, 1.82) is 0 Å². The van der Waals surface area contributed by atoms with Crippen LogP contribution in [0.2, 0.25) is 0 Å². The van der Waals surface area contributed by atoms with Crippen LogP contribution in [0.15, 0.2) is 0 Å². The van der Waals surface area contributed by atoms with Crippen LogP contribution in [-0.2, 0) is 0 Å². The largest absolute Gasteiger partial charge is 0.306 e. The van der Waals surface area contributed by atoms with Crippen molar-refractivity contribution in [3.05, 3.63) is 0 Å². The van der Waals surface area contributed by atoms with Gasteiger partial charge in [0.2, 0.25) is 0 Å². The van der Waals surface area contributed by atoms with E-state index in [0.717, 1.165) is 0 Å². The quantitative estimate of drug-likeness (QED) is 0.573. The van der Waals surface area contributed by atoms with Crippen molar-refractivity contribution >= 4 is 0 Å². The molecular formula is C7H10F3N. The number of halogens is 3. The molecule has 11 heavy (non-hydrogen) atoms. The second-order valence-corrected chi connectivity index (χ2v) is 3.37. The molecule has 2 aliphatic rings. The van der Waals surface area contributed by atoms with Gasteiger partial charge in [0.1, 0.15) is 0 Å². The number of hydrogen-bond donors (Lipinski definition) is 1. The highest BCUT2D eigenvalue weighted by Crippen LogP contribution is 2.39. The molecule has 64 valence electrons. The van der Waals surface area contributed by atoms with Crippen LogP contribution in [0.4, 0.5) is 13.2 Å². The lowest BCUT2D eigenvalue weighted by molar-refractivity contribution is -0.114. The molecule has 3 unspecified atom stereocenters. The maximum Gasteiger partial charge on any atom is 0.293 e. The van der Waals surface area contributed by atoms with Crippen molar-refractivity contribution in [1.82, 2.24) is 5.32 Å². The second kappa shape index (κ2) is 2.12. The van der Waals surface area contributed by atoms with E-state index in [1.54, 1.807) is 0 Å². The minimum atomic E-state index is -3.13. The van der Waals surface area contributed by atoms with Gasteiger partial charge in [0.05, 0.1) is 6.04 Å². The first kappa shape index (κ1) is 7.40. The normalized spacial score (nSPS) is 47.7. The average molecular weight is 165 g/mol. The Morgan fingerprint density at radius 3 is 2.73 bits per heavy atom. The van der Waals surface area contributed by atoms with Crippen molar-refractivity contribution in [3.8, 4) is 0 Å². The molecule has 0 spiro atoms. The molecule has 1 nitrogen and oxygen atoms in total. The van der Waals surface area contributed by atoms with Gasteiger partial charge in [-0.15, -0.1) is 0 Å². The number of fused-ring (bicyclic) bond motifs is 2. The summed E-state index contributed by atoms with van der Waals surface area (Å²) >= 11 is 0. The summed E-state index contributed by atoms with van der Waals surface area (Å²) in [5.41, 5.74) is 0. The highest BCUT2D eigenvalue weighted by atomic mass is 19.3. The van der Waals surface area contributed by atoms with E-state index in [-0.39, 0.29) is 12.5 Å². The smallest absolute Gasteiger partial charge is 0.293 e. The average Bonchev–Trinajstić information content (AvgIpc) is 2.31. The van der Waals surface area contributed by atoms with E-state index in [2.05, 4.69) is 5.32 Å². The number of hydrogen-bond acceptors (Lipinski definition) is 1. The van der Waals surface area contributed by atoms with Crippen molar-refractivity contribution in [2.24, 2.45) is 0 Å². The van der Waals surface area contributed by atoms with Gasteiger partial charge in [-0.25, -0.2) is 13.2 Å². The summed E-state index contributed by atoms with van der Waals surface area (Å²) in [6.45, 7) is 0. The first-order valence-electron chi connectivity index (χ1n) is 3.88. The molecule has 0 aromatic rings. The summed E-state index contributed by atoms with van der Waals surface area (Å²) in [5.74, 6) is -3.13. The Bertz CT molecular complexity index is 171. The number of rotatable bonds is 0. The van der Waals surface area contributed by atoms with Crippen LogP contribution in [0, 0.1) is 0 Å². The molecule has 2 aliphatic heterocycles. The maximum absolute atomic E-state index is 12.9. The van der Waals surface area contributed by atoms with E-state index in [9.17, 15) is 13.2 Å². The molecule has 0 radical (unpaired) electrons. The monoisotopic (exact) mass is 165 g/mol. The summed E-state index contributed by atoms with van der Waals surface area (Å²) in [5, 5.41) is 2.72. The molecule has 0 amide bonds. The highest BCUT2D eigenvalue weighted by Gasteiger charge is 2.55. The summed E-state index contributed by atoms with van der Waals surface area (Å²) < 4.78 is 38.4.